The van der Waals surface area contributed by atoms with E-state index in [0.717, 1.165) is 0 Å². The van der Waals surface area contributed by atoms with Gasteiger partial charge in [-0.2, -0.15) is 0 Å². The number of anilines is 1. The van der Waals surface area contributed by atoms with Crippen molar-refractivity contribution in [3.05, 3.63) is 29.6 Å². The quantitative estimate of drug-likeness (QED) is 0.595. The van der Waals surface area contributed by atoms with Crippen LogP contribution < -0.4 is 5.32 Å². The number of halogens is 1. The van der Waals surface area contributed by atoms with Gasteiger partial charge < -0.3 is 5.32 Å². The van der Waals surface area contributed by atoms with E-state index in [1.165, 1.54) is 6.07 Å². The molecule has 0 radical (unpaired) electrons. The van der Waals surface area contributed by atoms with E-state index in [-0.39, 0.29) is 18.1 Å². The molecule has 0 unspecified atom stereocenters. The Morgan fingerprint density at radius 1 is 1.45 bits per heavy atom. The fraction of sp³-hybridized carbons (Fsp3) is 0.125. The number of carbonyl (C=O) groups excluding carboxylic acids is 1. The van der Waals surface area contributed by atoms with Crippen molar-refractivity contribution in [2.45, 2.75) is 6.42 Å². The lowest BCUT2D eigenvalue weighted by atomic mass is 10.1. The van der Waals surface area contributed by atoms with Crippen LogP contribution >= 0.6 is 0 Å². The summed E-state index contributed by atoms with van der Waals surface area (Å²) in [5.41, 5.74) is 1.09. The number of amides is 1. The summed E-state index contributed by atoms with van der Waals surface area (Å²) in [5, 5.41) is 2.56. The van der Waals surface area contributed by atoms with Crippen molar-refractivity contribution in [2.75, 3.05) is 5.32 Å². The molecule has 11 heavy (non-hydrogen) atoms. The summed E-state index contributed by atoms with van der Waals surface area (Å²) in [4.78, 5) is 10.8. The fourth-order valence-electron chi connectivity index (χ4n) is 1.21. The second-order valence-electron chi connectivity index (χ2n) is 2.49. The Kier molecular flexibility index (Phi) is 1.18. The third-order valence-corrected chi connectivity index (χ3v) is 1.73. The summed E-state index contributed by atoms with van der Waals surface area (Å²) in [6.07, 6.45) is 0.169. The zero-order valence-electron chi connectivity index (χ0n) is 5.73. The normalized spacial score (nSPS) is 14.5. The molecule has 0 aromatic heterocycles. The highest BCUT2D eigenvalue weighted by molar-refractivity contribution is 5.99. The van der Waals surface area contributed by atoms with E-state index in [0.29, 0.717) is 11.3 Å². The first kappa shape index (κ1) is 6.34. The highest BCUT2D eigenvalue weighted by atomic mass is 19.1. The van der Waals surface area contributed by atoms with Gasteiger partial charge in [-0.3, -0.25) is 4.79 Å². The van der Waals surface area contributed by atoms with Gasteiger partial charge in [0.15, 0.2) is 0 Å². The van der Waals surface area contributed by atoms with E-state index in [4.69, 9.17) is 0 Å². The van der Waals surface area contributed by atoms with Crippen LogP contribution in [0, 0.1) is 5.82 Å². The molecule has 1 aliphatic rings. The first-order valence-electron chi connectivity index (χ1n) is 3.34. The summed E-state index contributed by atoms with van der Waals surface area (Å²) >= 11 is 0. The van der Waals surface area contributed by atoms with Crippen LogP contribution in [0.25, 0.3) is 0 Å². The van der Waals surface area contributed by atoms with Gasteiger partial charge in [-0.25, -0.2) is 4.39 Å². The van der Waals surface area contributed by atoms with Crippen LogP contribution in [0.3, 0.4) is 0 Å². The van der Waals surface area contributed by atoms with Crippen LogP contribution in [-0.4, -0.2) is 5.91 Å². The molecule has 3 heteroatoms. The Hall–Kier alpha value is -1.38. The first-order chi connectivity index (χ1) is 5.27. The van der Waals surface area contributed by atoms with Crippen LogP contribution in [0.5, 0.6) is 0 Å². The van der Waals surface area contributed by atoms with Gasteiger partial charge in [0.2, 0.25) is 5.91 Å². The van der Waals surface area contributed by atoms with Crippen LogP contribution in [0.15, 0.2) is 18.2 Å². The van der Waals surface area contributed by atoms with Gasteiger partial charge in [-0.15, -0.1) is 0 Å². The Bertz CT molecular complexity index is 322. The van der Waals surface area contributed by atoms with Crippen molar-refractivity contribution in [1.82, 2.24) is 0 Å². The average molecular weight is 151 g/mol. The predicted molar refractivity (Wildman–Crippen MR) is 38.7 cm³/mol. The van der Waals surface area contributed by atoms with Crippen LogP contribution in [0.2, 0.25) is 0 Å². The number of carbonyl (C=O) groups is 1. The van der Waals surface area contributed by atoms with Gasteiger partial charge in [0.25, 0.3) is 0 Å². The average Bonchev–Trinajstić information content (AvgIpc) is 2.31. The molecule has 0 spiro atoms. The molecule has 0 saturated carbocycles. The van der Waals surface area contributed by atoms with Crippen molar-refractivity contribution in [3.8, 4) is 0 Å². The predicted octanol–water partition coefficient (Wildman–Crippen LogP) is 1.32. The van der Waals surface area contributed by atoms with Gasteiger partial charge in [-0.05, 0) is 12.1 Å². The zero-order chi connectivity index (χ0) is 7.84. The third kappa shape index (κ3) is 0.888. The molecule has 1 N–H and O–H groups in total. The van der Waals surface area contributed by atoms with E-state index in [2.05, 4.69) is 5.32 Å². The fourth-order valence-corrected chi connectivity index (χ4v) is 1.21. The standard InChI is InChI=1S/C8H6FNO/c9-6-2-1-3-7-5(6)4-8(11)10-7/h1-3H,4H2,(H,10,11). The number of hydrogen-bond acceptors (Lipinski definition) is 1. The van der Waals surface area contributed by atoms with Crippen LogP contribution in [0.4, 0.5) is 10.1 Å². The topological polar surface area (TPSA) is 29.1 Å². The molecule has 0 bridgehead atoms. The molecule has 1 aliphatic heterocycles. The lowest BCUT2D eigenvalue weighted by Crippen LogP contribution is -2.03. The summed E-state index contributed by atoms with van der Waals surface area (Å²) in [5.74, 6) is -0.439. The lowest BCUT2D eigenvalue weighted by Gasteiger charge is -1.96. The molecule has 56 valence electrons. The molecule has 2 nitrogen and oxygen atoms in total. The van der Waals surface area contributed by atoms with Crippen molar-refractivity contribution in [1.29, 1.82) is 0 Å². The Labute approximate surface area is 63.0 Å². The van der Waals surface area contributed by atoms with E-state index in [1.807, 2.05) is 0 Å². The van der Waals surface area contributed by atoms with E-state index in [1.54, 1.807) is 12.1 Å². The largest absolute Gasteiger partial charge is 0.325 e. The number of fused-ring (bicyclic) bond motifs is 1. The van der Waals surface area contributed by atoms with Gasteiger partial charge in [0, 0.05) is 11.3 Å². The molecule has 0 aliphatic carbocycles. The van der Waals surface area contributed by atoms with Crippen molar-refractivity contribution < 1.29 is 9.18 Å². The third-order valence-electron chi connectivity index (χ3n) is 1.73. The molecule has 1 amide bonds. The minimum Gasteiger partial charge on any atom is -0.325 e. The summed E-state index contributed by atoms with van der Waals surface area (Å²) in [6.45, 7) is 0. The molecular formula is C8H6FNO. The Morgan fingerprint density at radius 3 is 3.00 bits per heavy atom. The van der Waals surface area contributed by atoms with Gasteiger partial charge in [-0.1, -0.05) is 6.07 Å². The molecule has 0 fully saturated rings. The van der Waals surface area contributed by atoms with E-state index < -0.39 is 0 Å². The van der Waals surface area contributed by atoms with Crippen LogP contribution in [-0.2, 0) is 11.2 Å². The van der Waals surface area contributed by atoms with Gasteiger partial charge >= 0.3 is 0 Å². The molecule has 0 saturated heterocycles. The highest BCUT2D eigenvalue weighted by Crippen LogP contribution is 2.24. The first-order valence-corrected chi connectivity index (χ1v) is 3.34. The monoisotopic (exact) mass is 151 g/mol. The molecule has 2 rings (SSSR count). The second-order valence-corrected chi connectivity index (χ2v) is 2.49. The minimum atomic E-state index is -0.305. The zero-order valence-corrected chi connectivity index (χ0v) is 5.73. The lowest BCUT2D eigenvalue weighted by molar-refractivity contribution is -0.115. The molecule has 1 aromatic carbocycles. The number of hydrogen-bond donors (Lipinski definition) is 1. The highest BCUT2D eigenvalue weighted by Gasteiger charge is 2.19. The maximum Gasteiger partial charge on any atom is 0.228 e. The van der Waals surface area contributed by atoms with Crippen molar-refractivity contribution in [3.63, 3.8) is 0 Å². The number of rotatable bonds is 0. The maximum atomic E-state index is 12.9. The summed E-state index contributed by atoms with van der Waals surface area (Å²) < 4.78 is 12.9. The maximum absolute atomic E-state index is 12.9. The molecular weight excluding hydrogens is 145 g/mol. The second kappa shape index (κ2) is 2.05. The molecule has 1 aromatic rings. The SMILES string of the molecule is O=C1Cc2c(F)cccc2N1. The smallest absolute Gasteiger partial charge is 0.228 e. The Morgan fingerprint density at radius 2 is 2.27 bits per heavy atom. The molecule has 1 heterocycles. The summed E-state index contributed by atoms with van der Waals surface area (Å²) in [6, 6.07) is 4.64. The van der Waals surface area contributed by atoms with Crippen LogP contribution in [0.1, 0.15) is 5.56 Å². The molecule has 0 atom stereocenters. The summed E-state index contributed by atoms with van der Waals surface area (Å²) in [7, 11) is 0. The van der Waals surface area contributed by atoms with Crippen molar-refractivity contribution >= 4 is 11.6 Å². The van der Waals surface area contributed by atoms with Gasteiger partial charge in [0.05, 0.1) is 6.42 Å². The van der Waals surface area contributed by atoms with E-state index >= 15 is 0 Å². The van der Waals surface area contributed by atoms with Gasteiger partial charge in [0.1, 0.15) is 5.82 Å². The number of benzene rings is 1. The van der Waals surface area contributed by atoms with E-state index in [9.17, 15) is 9.18 Å². The number of nitrogens with one attached hydrogen (secondary N) is 1. The minimum absolute atomic E-state index is 0.134. The van der Waals surface area contributed by atoms with Crippen molar-refractivity contribution in [2.24, 2.45) is 0 Å². The Balaban J connectivity index is 2.57.